The van der Waals surface area contributed by atoms with E-state index in [1.54, 1.807) is 0 Å². The molecular formula is C12H14O3. The van der Waals surface area contributed by atoms with Gasteiger partial charge in [0, 0.05) is 6.08 Å². The summed E-state index contributed by atoms with van der Waals surface area (Å²) < 4.78 is 0. The van der Waals surface area contributed by atoms with Crippen LogP contribution in [0.15, 0.2) is 30.3 Å². The normalized spacial score (nSPS) is 11.5. The maximum Gasteiger partial charge on any atom is 0.328 e. The van der Waals surface area contributed by atoms with Gasteiger partial charge in [-0.3, -0.25) is 0 Å². The lowest BCUT2D eigenvalue weighted by Gasteiger charge is -2.04. The molecule has 0 aromatic heterocycles. The minimum Gasteiger partial charge on any atom is -0.478 e. The van der Waals surface area contributed by atoms with E-state index in [0.29, 0.717) is 5.57 Å². The van der Waals surface area contributed by atoms with Gasteiger partial charge in [0.1, 0.15) is 0 Å². The van der Waals surface area contributed by atoms with Gasteiger partial charge < -0.3 is 10.2 Å². The van der Waals surface area contributed by atoms with Gasteiger partial charge in [-0.15, -0.1) is 0 Å². The van der Waals surface area contributed by atoms with Crippen LogP contribution in [0.25, 0.3) is 5.57 Å². The Bertz CT molecular complexity index is 363. The second kappa shape index (κ2) is 5.32. The Balaban J connectivity index is 2.98. The standard InChI is InChI=1S/C12H14O3/c1-2-9-3-5-10(6-4-9)11(8-13)7-12(14)15/h3-7,13H,2,8H2,1H3,(H,14,15)/b11-7+. The number of hydrogen-bond donors (Lipinski definition) is 2. The summed E-state index contributed by atoms with van der Waals surface area (Å²) in [6, 6.07) is 7.51. The topological polar surface area (TPSA) is 57.5 Å². The van der Waals surface area contributed by atoms with Crippen molar-refractivity contribution in [3.63, 3.8) is 0 Å². The molecule has 0 spiro atoms. The number of rotatable bonds is 4. The van der Waals surface area contributed by atoms with Crippen LogP contribution in [-0.4, -0.2) is 22.8 Å². The third-order valence-electron chi connectivity index (χ3n) is 2.20. The third kappa shape index (κ3) is 3.22. The molecule has 0 bridgehead atoms. The number of aliphatic carboxylic acids is 1. The van der Waals surface area contributed by atoms with Crippen molar-refractivity contribution < 1.29 is 15.0 Å². The van der Waals surface area contributed by atoms with Crippen molar-refractivity contribution in [1.82, 2.24) is 0 Å². The van der Waals surface area contributed by atoms with E-state index in [1.807, 2.05) is 24.3 Å². The van der Waals surface area contributed by atoms with Gasteiger partial charge in [0.05, 0.1) is 6.61 Å². The van der Waals surface area contributed by atoms with Crippen LogP contribution in [0.3, 0.4) is 0 Å². The lowest BCUT2D eigenvalue weighted by molar-refractivity contribution is -0.131. The van der Waals surface area contributed by atoms with E-state index >= 15 is 0 Å². The van der Waals surface area contributed by atoms with Crippen molar-refractivity contribution >= 4 is 11.5 Å². The number of benzene rings is 1. The van der Waals surface area contributed by atoms with Gasteiger partial charge in [0.15, 0.2) is 0 Å². The second-order valence-electron chi connectivity index (χ2n) is 3.22. The summed E-state index contributed by atoms with van der Waals surface area (Å²) in [5, 5.41) is 17.6. The van der Waals surface area contributed by atoms with Gasteiger partial charge in [0.2, 0.25) is 0 Å². The van der Waals surface area contributed by atoms with E-state index in [1.165, 1.54) is 5.56 Å². The molecule has 2 N–H and O–H groups in total. The molecule has 1 aromatic carbocycles. The summed E-state index contributed by atoms with van der Waals surface area (Å²) in [5.74, 6) is -1.04. The van der Waals surface area contributed by atoms with Gasteiger partial charge in [-0.05, 0) is 23.1 Å². The Morgan fingerprint density at radius 1 is 1.33 bits per heavy atom. The minimum absolute atomic E-state index is 0.266. The van der Waals surface area contributed by atoms with Crippen LogP contribution in [0, 0.1) is 0 Å². The minimum atomic E-state index is -1.04. The molecule has 0 saturated heterocycles. The quantitative estimate of drug-likeness (QED) is 0.737. The lowest BCUT2D eigenvalue weighted by atomic mass is 10.0. The highest BCUT2D eigenvalue weighted by Crippen LogP contribution is 2.14. The van der Waals surface area contributed by atoms with Crippen LogP contribution in [0.4, 0.5) is 0 Å². The molecule has 3 heteroatoms. The molecule has 0 aliphatic rings. The second-order valence-corrected chi connectivity index (χ2v) is 3.22. The number of hydrogen-bond acceptors (Lipinski definition) is 2. The van der Waals surface area contributed by atoms with E-state index in [2.05, 4.69) is 6.92 Å². The van der Waals surface area contributed by atoms with Crippen molar-refractivity contribution in [3.8, 4) is 0 Å². The first-order valence-electron chi connectivity index (χ1n) is 4.81. The largest absolute Gasteiger partial charge is 0.478 e. The van der Waals surface area contributed by atoms with Crippen molar-refractivity contribution in [2.24, 2.45) is 0 Å². The van der Waals surface area contributed by atoms with Crippen LogP contribution >= 0.6 is 0 Å². The summed E-state index contributed by atoms with van der Waals surface area (Å²) >= 11 is 0. The Morgan fingerprint density at radius 2 is 1.93 bits per heavy atom. The fraction of sp³-hybridized carbons (Fsp3) is 0.250. The number of aryl methyl sites for hydroxylation is 1. The molecule has 15 heavy (non-hydrogen) atoms. The predicted molar refractivity (Wildman–Crippen MR) is 58.5 cm³/mol. The molecule has 0 atom stereocenters. The highest BCUT2D eigenvalue weighted by atomic mass is 16.4. The SMILES string of the molecule is CCc1ccc(/C(=C/C(=O)O)CO)cc1. The summed E-state index contributed by atoms with van der Waals surface area (Å²) in [6.07, 6.45) is 1.97. The van der Waals surface area contributed by atoms with E-state index < -0.39 is 5.97 Å². The van der Waals surface area contributed by atoms with Crippen molar-refractivity contribution in [2.75, 3.05) is 6.61 Å². The van der Waals surface area contributed by atoms with Crippen molar-refractivity contribution in [3.05, 3.63) is 41.5 Å². The number of aliphatic hydroxyl groups excluding tert-OH is 1. The van der Waals surface area contributed by atoms with Gasteiger partial charge in [-0.2, -0.15) is 0 Å². The molecule has 3 nitrogen and oxygen atoms in total. The molecule has 0 saturated carbocycles. The zero-order valence-electron chi connectivity index (χ0n) is 8.60. The van der Waals surface area contributed by atoms with Crippen LogP contribution in [-0.2, 0) is 11.2 Å². The van der Waals surface area contributed by atoms with Crippen LogP contribution in [0.1, 0.15) is 18.1 Å². The van der Waals surface area contributed by atoms with E-state index in [4.69, 9.17) is 10.2 Å². The van der Waals surface area contributed by atoms with Crippen molar-refractivity contribution in [1.29, 1.82) is 0 Å². The highest BCUT2D eigenvalue weighted by Gasteiger charge is 2.02. The molecule has 1 aromatic rings. The van der Waals surface area contributed by atoms with E-state index in [0.717, 1.165) is 18.1 Å². The zero-order valence-corrected chi connectivity index (χ0v) is 8.60. The molecule has 0 aliphatic heterocycles. The first-order chi connectivity index (χ1) is 7.17. The molecule has 0 radical (unpaired) electrons. The van der Waals surface area contributed by atoms with Gasteiger partial charge in [-0.1, -0.05) is 31.2 Å². The van der Waals surface area contributed by atoms with Gasteiger partial charge in [-0.25, -0.2) is 4.79 Å². The Morgan fingerprint density at radius 3 is 2.33 bits per heavy atom. The first-order valence-corrected chi connectivity index (χ1v) is 4.81. The summed E-state index contributed by atoms with van der Waals surface area (Å²) in [7, 11) is 0. The summed E-state index contributed by atoms with van der Waals surface area (Å²) in [4.78, 5) is 10.5. The fourth-order valence-corrected chi connectivity index (χ4v) is 1.32. The molecule has 80 valence electrons. The number of carbonyl (C=O) groups is 1. The van der Waals surface area contributed by atoms with Crippen molar-refractivity contribution in [2.45, 2.75) is 13.3 Å². The third-order valence-corrected chi connectivity index (χ3v) is 2.20. The molecular weight excluding hydrogens is 192 g/mol. The fourth-order valence-electron chi connectivity index (χ4n) is 1.32. The predicted octanol–water partition coefficient (Wildman–Crippen LogP) is 1.71. The molecule has 0 unspecified atom stereocenters. The number of carboxylic acids is 1. The van der Waals surface area contributed by atoms with Gasteiger partial charge in [0.25, 0.3) is 0 Å². The van der Waals surface area contributed by atoms with E-state index in [-0.39, 0.29) is 6.61 Å². The Labute approximate surface area is 88.7 Å². The Kier molecular flexibility index (Phi) is 4.06. The zero-order chi connectivity index (χ0) is 11.3. The summed E-state index contributed by atoms with van der Waals surface area (Å²) in [6.45, 7) is 1.78. The first kappa shape index (κ1) is 11.5. The van der Waals surface area contributed by atoms with Crippen LogP contribution < -0.4 is 0 Å². The lowest BCUT2D eigenvalue weighted by Crippen LogP contribution is -1.96. The van der Waals surface area contributed by atoms with Crippen LogP contribution in [0.2, 0.25) is 0 Å². The number of carboxylic acid groups (broad SMARTS) is 1. The van der Waals surface area contributed by atoms with E-state index in [9.17, 15) is 4.79 Å². The number of aliphatic hydroxyl groups is 1. The highest BCUT2D eigenvalue weighted by molar-refractivity contribution is 5.90. The Hall–Kier alpha value is -1.61. The maximum atomic E-state index is 10.5. The molecule has 0 fully saturated rings. The molecule has 0 amide bonds. The maximum absolute atomic E-state index is 10.5. The van der Waals surface area contributed by atoms with Gasteiger partial charge >= 0.3 is 5.97 Å². The summed E-state index contributed by atoms with van der Waals surface area (Å²) in [5.41, 5.74) is 2.36. The monoisotopic (exact) mass is 206 g/mol. The molecule has 0 aliphatic carbocycles. The average Bonchev–Trinajstić information content (AvgIpc) is 2.26. The van der Waals surface area contributed by atoms with Crippen LogP contribution in [0.5, 0.6) is 0 Å². The molecule has 1 rings (SSSR count). The average molecular weight is 206 g/mol. The smallest absolute Gasteiger partial charge is 0.328 e. The molecule has 0 heterocycles.